The number of piperidine rings is 1. The average Bonchev–Trinajstić information content (AvgIpc) is 3.08. The van der Waals surface area contributed by atoms with Gasteiger partial charge in [0.1, 0.15) is 11.5 Å². The van der Waals surface area contributed by atoms with E-state index in [1.165, 1.54) is 43.5 Å². The predicted octanol–water partition coefficient (Wildman–Crippen LogP) is 4.13. The van der Waals surface area contributed by atoms with Crippen molar-refractivity contribution in [2.24, 2.45) is 0 Å². The minimum Gasteiger partial charge on any atom is -0.464 e. The Balaban J connectivity index is 1.53. The number of urea groups is 1. The minimum absolute atomic E-state index is 0.160. The molecule has 3 rings (SSSR count). The van der Waals surface area contributed by atoms with E-state index in [4.69, 9.17) is 4.42 Å². The highest BCUT2D eigenvalue weighted by Gasteiger charge is 2.14. The van der Waals surface area contributed by atoms with Crippen molar-refractivity contribution < 1.29 is 9.21 Å². The molecule has 1 aromatic heterocycles. The van der Waals surface area contributed by atoms with E-state index in [1.54, 1.807) is 0 Å². The van der Waals surface area contributed by atoms with Crippen molar-refractivity contribution in [3.63, 3.8) is 0 Å². The van der Waals surface area contributed by atoms with Crippen molar-refractivity contribution in [2.45, 2.75) is 52.2 Å². The fraction of sp³-hybridized carbons (Fsp3) is 0.476. The zero-order chi connectivity index (χ0) is 18.4. The minimum atomic E-state index is -0.181. The second-order valence-corrected chi connectivity index (χ2v) is 7.10. The molecule has 2 amide bonds. The molecular weight excluding hydrogens is 326 g/mol. The highest BCUT2D eigenvalue weighted by Crippen LogP contribution is 2.17. The quantitative estimate of drug-likeness (QED) is 0.819. The van der Waals surface area contributed by atoms with Gasteiger partial charge in [-0.15, -0.1) is 0 Å². The van der Waals surface area contributed by atoms with Gasteiger partial charge in [-0.2, -0.15) is 0 Å². The Hall–Kier alpha value is -2.27. The molecule has 1 unspecified atom stereocenters. The number of hydrogen-bond acceptors (Lipinski definition) is 3. The maximum atomic E-state index is 12.2. The summed E-state index contributed by atoms with van der Waals surface area (Å²) in [5.74, 6) is 1.61. The second-order valence-electron chi connectivity index (χ2n) is 7.10. The molecule has 140 valence electrons. The van der Waals surface area contributed by atoms with Crippen LogP contribution in [0.3, 0.4) is 0 Å². The third-order valence-electron chi connectivity index (χ3n) is 4.94. The van der Waals surface area contributed by atoms with Crippen molar-refractivity contribution in [2.75, 3.05) is 13.1 Å². The van der Waals surface area contributed by atoms with Crippen LogP contribution in [0.2, 0.25) is 0 Å². The van der Waals surface area contributed by atoms with Gasteiger partial charge in [-0.05, 0) is 63.0 Å². The Labute approximate surface area is 155 Å². The molecule has 0 radical (unpaired) electrons. The Morgan fingerprint density at radius 3 is 2.54 bits per heavy atom. The van der Waals surface area contributed by atoms with E-state index in [2.05, 4.69) is 33.7 Å². The topological polar surface area (TPSA) is 57.5 Å². The van der Waals surface area contributed by atoms with Crippen molar-refractivity contribution in [3.05, 3.63) is 59.0 Å². The van der Waals surface area contributed by atoms with Gasteiger partial charge in [-0.3, -0.25) is 4.90 Å². The van der Waals surface area contributed by atoms with Gasteiger partial charge in [-0.1, -0.05) is 30.7 Å². The van der Waals surface area contributed by atoms with Crippen molar-refractivity contribution in [1.82, 2.24) is 15.5 Å². The van der Waals surface area contributed by atoms with Gasteiger partial charge in [0, 0.05) is 13.1 Å². The first kappa shape index (κ1) is 18.5. The maximum Gasteiger partial charge on any atom is 0.315 e. The molecular formula is C21H29N3O2. The zero-order valence-electron chi connectivity index (χ0n) is 15.8. The first-order chi connectivity index (χ1) is 12.6. The SMILES string of the molecule is Cc1ccc(C(C)NC(=O)NCc2ccccc2CN2CCCCC2)o1. The molecule has 0 bridgehead atoms. The summed E-state index contributed by atoms with van der Waals surface area (Å²) in [4.78, 5) is 14.7. The fourth-order valence-corrected chi connectivity index (χ4v) is 3.42. The number of benzene rings is 1. The van der Waals surface area contributed by atoms with Gasteiger partial charge in [0.15, 0.2) is 0 Å². The van der Waals surface area contributed by atoms with Gasteiger partial charge in [0.05, 0.1) is 6.04 Å². The lowest BCUT2D eigenvalue weighted by atomic mass is 10.0. The van der Waals surface area contributed by atoms with Crippen LogP contribution >= 0.6 is 0 Å². The van der Waals surface area contributed by atoms with Crippen LogP contribution in [0.1, 0.15) is 54.9 Å². The van der Waals surface area contributed by atoms with Crippen LogP contribution in [0.15, 0.2) is 40.8 Å². The van der Waals surface area contributed by atoms with E-state index in [9.17, 15) is 4.79 Å². The van der Waals surface area contributed by atoms with Crippen LogP contribution in [0, 0.1) is 6.92 Å². The van der Waals surface area contributed by atoms with E-state index in [0.717, 1.165) is 18.1 Å². The van der Waals surface area contributed by atoms with Crippen molar-refractivity contribution >= 4 is 6.03 Å². The number of carbonyl (C=O) groups is 1. The average molecular weight is 355 g/mol. The number of rotatable bonds is 6. The Bertz CT molecular complexity index is 720. The fourth-order valence-electron chi connectivity index (χ4n) is 3.42. The molecule has 1 aliphatic heterocycles. The van der Waals surface area contributed by atoms with E-state index < -0.39 is 0 Å². The van der Waals surface area contributed by atoms with Crippen LogP contribution in [0.25, 0.3) is 0 Å². The van der Waals surface area contributed by atoms with E-state index in [1.807, 2.05) is 32.0 Å². The van der Waals surface area contributed by atoms with E-state index in [0.29, 0.717) is 6.54 Å². The number of nitrogens with one attached hydrogen (secondary N) is 2. The molecule has 1 atom stereocenters. The summed E-state index contributed by atoms with van der Waals surface area (Å²) in [5.41, 5.74) is 2.47. The third-order valence-corrected chi connectivity index (χ3v) is 4.94. The number of hydrogen-bond donors (Lipinski definition) is 2. The lowest BCUT2D eigenvalue weighted by Gasteiger charge is -2.27. The molecule has 5 nitrogen and oxygen atoms in total. The smallest absolute Gasteiger partial charge is 0.315 e. The monoisotopic (exact) mass is 355 g/mol. The first-order valence-electron chi connectivity index (χ1n) is 9.51. The number of likely N-dealkylation sites (tertiary alicyclic amines) is 1. The number of furan rings is 1. The van der Waals surface area contributed by atoms with E-state index in [-0.39, 0.29) is 12.1 Å². The van der Waals surface area contributed by atoms with Gasteiger partial charge < -0.3 is 15.1 Å². The van der Waals surface area contributed by atoms with Gasteiger partial charge in [0.25, 0.3) is 0 Å². The zero-order valence-corrected chi connectivity index (χ0v) is 15.8. The van der Waals surface area contributed by atoms with Gasteiger partial charge in [0.2, 0.25) is 0 Å². The molecule has 26 heavy (non-hydrogen) atoms. The molecule has 0 spiro atoms. The lowest BCUT2D eigenvalue weighted by Crippen LogP contribution is -2.37. The molecule has 2 N–H and O–H groups in total. The molecule has 1 fully saturated rings. The normalized spacial score (nSPS) is 16.2. The molecule has 5 heteroatoms. The van der Waals surface area contributed by atoms with Crippen LogP contribution in [0.5, 0.6) is 0 Å². The molecule has 1 aromatic carbocycles. The number of amides is 2. The molecule has 1 saturated heterocycles. The van der Waals surface area contributed by atoms with Crippen LogP contribution in [0.4, 0.5) is 4.79 Å². The molecule has 2 aromatic rings. The maximum absolute atomic E-state index is 12.2. The van der Waals surface area contributed by atoms with Gasteiger partial charge in [-0.25, -0.2) is 4.79 Å². The summed E-state index contributed by atoms with van der Waals surface area (Å²) in [6.07, 6.45) is 3.91. The number of nitrogens with zero attached hydrogens (tertiary/aromatic N) is 1. The molecule has 2 heterocycles. The molecule has 1 aliphatic rings. The number of aryl methyl sites for hydroxylation is 1. The van der Waals surface area contributed by atoms with Crippen LogP contribution < -0.4 is 10.6 Å². The standard InChI is InChI=1S/C21H29N3O2/c1-16-10-11-20(26-16)17(2)23-21(25)22-14-18-8-4-5-9-19(18)15-24-12-6-3-7-13-24/h4-5,8-11,17H,3,6-7,12-15H2,1-2H3,(H2,22,23,25). The predicted molar refractivity (Wildman–Crippen MR) is 103 cm³/mol. The highest BCUT2D eigenvalue weighted by molar-refractivity contribution is 5.74. The van der Waals surface area contributed by atoms with Crippen molar-refractivity contribution in [1.29, 1.82) is 0 Å². The summed E-state index contributed by atoms with van der Waals surface area (Å²) in [7, 11) is 0. The van der Waals surface area contributed by atoms with Crippen molar-refractivity contribution in [3.8, 4) is 0 Å². The first-order valence-corrected chi connectivity index (χ1v) is 9.51. The summed E-state index contributed by atoms with van der Waals surface area (Å²) in [5, 5.41) is 5.90. The highest BCUT2D eigenvalue weighted by atomic mass is 16.3. The van der Waals surface area contributed by atoms with Crippen LogP contribution in [-0.4, -0.2) is 24.0 Å². The van der Waals surface area contributed by atoms with Gasteiger partial charge >= 0.3 is 6.03 Å². The lowest BCUT2D eigenvalue weighted by molar-refractivity contribution is 0.220. The summed E-state index contributed by atoms with van der Waals surface area (Å²) in [6, 6.07) is 11.8. The number of carbonyl (C=O) groups excluding carboxylic acids is 1. The Kier molecular flexibility index (Phi) is 6.34. The summed E-state index contributed by atoms with van der Waals surface area (Å²) in [6.45, 7) is 7.64. The Morgan fingerprint density at radius 1 is 1.12 bits per heavy atom. The largest absolute Gasteiger partial charge is 0.464 e. The summed E-state index contributed by atoms with van der Waals surface area (Å²) < 4.78 is 5.56. The molecule has 0 aliphatic carbocycles. The van der Waals surface area contributed by atoms with Crippen LogP contribution in [-0.2, 0) is 13.1 Å². The Morgan fingerprint density at radius 2 is 1.85 bits per heavy atom. The van der Waals surface area contributed by atoms with E-state index >= 15 is 0 Å². The third kappa shape index (κ3) is 5.11. The second kappa shape index (κ2) is 8.90. The summed E-state index contributed by atoms with van der Waals surface area (Å²) >= 11 is 0. The molecule has 0 saturated carbocycles.